The van der Waals surface area contributed by atoms with Crippen LogP contribution in [0.15, 0.2) is 0 Å². The van der Waals surface area contributed by atoms with Crippen LogP contribution < -0.4 is 0 Å². The summed E-state index contributed by atoms with van der Waals surface area (Å²) in [5.41, 5.74) is 0.0669. The maximum absolute atomic E-state index is 9.72. The van der Waals surface area contributed by atoms with Gasteiger partial charge in [-0.15, -0.1) is 0 Å². The first kappa shape index (κ1) is 14.9. The third kappa shape index (κ3) is 4.57. The lowest BCUT2D eigenvalue weighted by Gasteiger charge is -2.41. The molecular formula is C14H29NO2. The molecule has 0 bridgehead atoms. The van der Waals surface area contributed by atoms with Crippen LogP contribution in [0, 0.1) is 11.3 Å². The van der Waals surface area contributed by atoms with E-state index in [1.165, 1.54) is 0 Å². The van der Waals surface area contributed by atoms with Crippen molar-refractivity contribution in [3.63, 3.8) is 0 Å². The van der Waals surface area contributed by atoms with Crippen molar-refractivity contribution in [2.75, 3.05) is 32.9 Å². The summed E-state index contributed by atoms with van der Waals surface area (Å²) in [5.74, 6) is 0.674. The fraction of sp³-hybridized carbons (Fsp3) is 1.00. The van der Waals surface area contributed by atoms with Crippen LogP contribution in [0.2, 0.25) is 0 Å². The topological polar surface area (TPSA) is 32.7 Å². The number of rotatable bonds is 6. The fourth-order valence-corrected chi connectivity index (χ4v) is 2.53. The quantitative estimate of drug-likeness (QED) is 0.776. The van der Waals surface area contributed by atoms with Gasteiger partial charge in [0.25, 0.3) is 0 Å². The third-order valence-electron chi connectivity index (χ3n) is 3.76. The minimum atomic E-state index is 0.0669. The monoisotopic (exact) mass is 243 g/mol. The third-order valence-corrected chi connectivity index (χ3v) is 3.76. The predicted octanol–water partition coefficient (Wildman–Crippen LogP) is 2.14. The first-order valence-corrected chi connectivity index (χ1v) is 6.92. The Hall–Kier alpha value is -0.120. The van der Waals surface area contributed by atoms with Crippen LogP contribution in [0.4, 0.5) is 0 Å². The van der Waals surface area contributed by atoms with E-state index >= 15 is 0 Å². The largest absolute Gasteiger partial charge is 0.396 e. The molecule has 0 aromatic carbocycles. The van der Waals surface area contributed by atoms with E-state index in [0.717, 1.165) is 39.1 Å². The van der Waals surface area contributed by atoms with Gasteiger partial charge in [-0.2, -0.15) is 0 Å². The number of hydrogen-bond donors (Lipinski definition) is 1. The molecule has 0 unspecified atom stereocenters. The van der Waals surface area contributed by atoms with Crippen molar-refractivity contribution < 1.29 is 9.84 Å². The Kier molecular flexibility index (Phi) is 5.90. The van der Waals surface area contributed by atoms with E-state index < -0.39 is 0 Å². The average Bonchev–Trinajstić information content (AvgIpc) is 2.29. The Morgan fingerprint density at radius 3 is 2.18 bits per heavy atom. The Bertz CT molecular complexity index is 210. The van der Waals surface area contributed by atoms with E-state index in [4.69, 9.17) is 4.74 Å². The number of aliphatic hydroxyl groups excluding tert-OH is 1. The molecule has 3 heteroatoms. The molecule has 3 nitrogen and oxygen atoms in total. The van der Waals surface area contributed by atoms with Gasteiger partial charge in [0, 0.05) is 37.8 Å². The summed E-state index contributed by atoms with van der Waals surface area (Å²) < 4.78 is 5.42. The summed E-state index contributed by atoms with van der Waals surface area (Å²) in [6.45, 7) is 13.0. The van der Waals surface area contributed by atoms with E-state index in [9.17, 15) is 5.11 Å². The highest BCUT2D eigenvalue weighted by Crippen LogP contribution is 2.31. The molecule has 0 spiro atoms. The molecule has 0 aromatic heterocycles. The molecule has 102 valence electrons. The van der Waals surface area contributed by atoms with Crippen LogP contribution in [0.5, 0.6) is 0 Å². The average molecular weight is 243 g/mol. The zero-order valence-electron chi connectivity index (χ0n) is 11.9. The van der Waals surface area contributed by atoms with Crippen molar-refractivity contribution in [3.8, 4) is 0 Å². The van der Waals surface area contributed by atoms with E-state index in [1.54, 1.807) is 0 Å². The van der Waals surface area contributed by atoms with Gasteiger partial charge in [-0.25, -0.2) is 0 Å². The maximum atomic E-state index is 9.72. The van der Waals surface area contributed by atoms with Gasteiger partial charge in [-0.1, -0.05) is 13.8 Å². The van der Waals surface area contributed by atoms with Crippen molar-refractivity contribution in [2.45, 2.75) is 46.6 Å². The Morgan fingerprint density at radius 2 is 1.76 bits per heavy atom. The van der Waals surface area contributed by atoms with Crippen LogP contribution in [0.1, 0.15) is 40.5 Å². The second kappa shape index (κ2) is 6.72. The smallest absolute Gasteiger partial charge is 0.0501 e. The molecule has 1 aliphatic rings. The SMILES string of the molecule is CC(C)CN(CC1(CO)CCOCC1)C(C)C. The maximum Gasteiger partial charge on any atom is 0.0501 e. The molecule has 1 heterocycles. The van der Waals surface area contributed by atoms with Crippen molar-refractivity contribution in [2.24, 2.45) is 11.3 Å². The minimum absolute atomic E-state index is 0.0669. The lowest BCUT2D eigenvalue weighted by molar-refractivity contribution is -0.0403. The molecule has 0 aliphatic carbocycles. The molecule has 0 radical (unpaired) electrons. The highest BCUT2D eigenvalue weighted by molar-refractivity contribution is 4.85. The molecule has 0 saturated carbocycles. The van der Waals surface area contributed by atoms with Crippen LogP contribution in [0.3, 0.4) is 0 Å². The highest BCUT2D eigenvalue weighted by Gasteiger charge is 2.34. The van der Waals surface area contributed by atoms with Gasteiger partial charge in [0.2, 0.25) is 0 Å². The summed E-state index contributed by atoms with van der Waals surface area (Å²) in [7, 11) is 0. The molecular weight excluding hydrogens is 214 g/mol. The van der Waals surface area contributed by atoms with Crippen LogP contribution in [0.25, 0.3) is 0 Å². The number of ether oxygens (including phenoxy) is 1. The molecule has 1 N–H and O–H groups in total. The minimum Gasteiger partial charge on any atom is -0.396 e. The van der Waals surface area contributed by atoms with Gasteiger partial charge in [-0.05, 0) is 32.6 Å². The first-order valence-electron chi connectivity index (χ1n) is 6.92. The van der Waals surface area contributed by atoms with Crippen LogP contribution in [-0.4, -0.2) is 49.0 Å². The van der Waals surface area contributed by atoms with Gasteiger partial charge in [0.15, 0.2) is 0 Å². The molecule has 1 aliphatic heterocycles. The Labute approximate surface area is 106 Å². The van der Waals surface area contributed by atoms with Gasteiger partial charge in [-0.3, -0.25) is 0 Å². The van der Waals surface area contributed by atoms with E-state index in [2.05, 4.69) is 32.6 Å². The van der Waals surface area contributed by atoms with Gasteiger partial charge in [0.1, 0.15) is 0 Å². The predicted molar refractivity (Wildman–Crippen MR) is 71.1 cm³/mol. The first-order chi connectivity index (χ1) is 7.99. The Morgan fingerprint density at radius 1 is 1.18 bits per heavy atom. The molecule has 1 saturated heterocycles. The molecule has 17 heavy (non-hydrogen) atoms. The number of hydrogen-bond acceptors (Lipinski definition) is 3. The van der Waals surface area contributed by atoms with E-state index in [-0.39, 0.29) is 12.0 Å². The van der Waals surface area contributed by atoms with Gasteiger partial charge < -0.3 is 14.7 Å². The zero-order valence-corrected chi connectivity index (χ0v) is 11.9. The zero-order chi connectivity index (χ0) is 12.9. The van der Waals surface area contributed by atoms with E-state index in [0.29, 0.717) is 12.0 Å². The lowest BCUT2D eigenvalue weighted by Crippen LogP contribution is -2.47. The molecule has 0 aromatic rings. The van der Waals surface area contributed by atoms with Gasteiger partial charge >= 0.3 is 0 Å². The van der Waals surface area contributed by atoms with E-state index in [1.807, 2.05) is 0 Å². The summed E-state index contributed by atoms with van der Waals surface area (Å²) in [6.07, 6.45) is 1.98. The lowest BCUT2D eigenvalue weighted by atomic mass is 9.80. The molecule has 0 amide bonds. The molecule has 1 rings (SSSR count). The fourth-order valence-electron chi connectivity index (χ4n) is 2.53. The summed E-state index contributed by atoms with van der Waals surface area (Å²) in [6, 6.07) is 0.545. The molecule has 0 atom stereocenters. The summed E-state index contributed by atoms with van der Waals surface area (Å²) >= 11 is 0. The summed E-state index contributed by atoms with van der Waals surface area (Å²) in [4.78, 5) is 2.51. The number of aliphatic hydroxyl groups is 1. The van der Waals surface area contributed by atoms with Gasteiger partial charge in [0.05, 0.1) is 6.61 Å². The van der Waals surface area contributed by atoms with Crippen molar-refractivity contribution in [3.05, 3.63) is 0 Å². The second-order valence-corrected chi connectivity index (χ2v) is 6.19. The van der Waals surface area contributed by atoms with Crippen LogP contribution >= 0.6 is 0 Å². The standard InChI is InChI=1S/C14H29NO2/c1-12(2)9-15(13(3)4)10-14(11-16)5-7-17-8-6-14/h12-13,16H,5-11H2,1-4H3. The van der Waals surface area contributed by atoms with Crippen LogP contribution in [-0.2, 0) is 4.74 Å². The Balaban J connectivity index is 2.62. The highest BCUT2D eigenvalue weighted by atomic mass is 16.5. The normalized spacial score (nSPS) is 20.5. The van der Waals surface area contributed by atoms with Crippen molar-refractivity contribution in [1.29, 1.82) is 0 Å². The summed E-state index contributed by atoms with van der Waals surface area (Å²) in [5, 5.41) is 9.72. The number of nitrogens with zero attached hydrogens (tertiary/aromatic N) is 1. The second-order valence-electron chi connectivity index (χ2n) is 6.19. The molecule has 1 fully saturated rings. The van der Waals surface area contributed by atoms with Crippen molar-refractivity contribution in [1.82, 2.24) is 4.90 Å². The van der Waals surface area contributed by atoms with Crippen molar-refractivity contribution >= 4 is 0 Å².